The Kier molecular flexibility index (Phi) is 6.06. The van der Waals surface area contributed by atoms with Crippen LogP contribution < -0.4 is 10.6 Å². The Morgan fingerprint density at radius 2 is 1.26 bits per heavy atom. The summed E-state index contributed by atoms with van der Waals surface area (Å²) in [7, 11) is 0. The Labute approximate surface area is 170 Å². The molecule has 1 aliphatic heterocycles. The minimum absolute atomic E-state index is 0.00407. The second-order valence-electron chi connectivity index (χ2n) is 4.15. The largest absolute Gasteiger partial charge is 0.471 e. The summed E-state index contributed by atoms with van der Waals surface area (Å²) < 4.78 is 12.4. The van der Waals surface area contributed by atoms with Crippen LogP contribution in [0.1, 0.15) is 5.56 Å². The van der Waals surface area contributed by atoms with Crippen LogP contribution in [-0.4, -0.2) is 23.0 Å². The number of aliphatic hydroxyl groups is 1. The molecule has 122 valence electrons. The van der Waals surface area contributed by atoms with Gasteiger partial charge in [-0.2, -0.15) is 0 Å². The van der Waals surface area contributed by atoms with Crippen LogP contribution in [0.3, 0.4) is 0 Å². The summed E-state index contributed by atoms with van der Waals surface area (Å²) in [5, 5.41) is 13.6. The van der Waals surface area contributed by atoms with Crippen LogP contribution in [-0.2, 0) is 15.2 Å². The summed E-state index contributed by atoms with van der Waals surface area (Å²) >= 11 is 6.23. The normalized spacial score (nSPS) is 16.3. The Morgan fingerprint density at radius 3 is 1.61 bits per heavy atom. The number of rotatable bonds is 1. The lowest BCUT2D eigenvalue weighted by Crippen LogP contribution is -2.64. The van der Waals surface area contributed by atoms with Gasteiger partial charge in [0.05, 0.1) is 22.5 Å². The molecule has 2 aromatic rings. The van der Waals surface area contributed by atoms with Crippen molar-refractivity contribution in [3.05, 3.63) is 41.3 Å². The van der Waals surface area contributed by atoms with Crippen LogP contribution in [0.4, 0.5) is 4.79 Å². The van der Waals surface area contributed by atoms with E-state index in [1.807, 2.05) is 10.6 Å². The van der Waals surface area contributed by atoms with Crippen LogP contribution in [0.15, 0.2) is 33.9 Å². The molecule has 1 saturated heterocycles. The zero-order valence-electron chi connectivity index (χ0n) is 10.9. The fraction of sp³-hybridized carbons (Fsp3) is 0.0833. The fourth-order valence-corrected chi connectivity index (χ4v) is 2.78. The second kappa shape index (κ2) is 7.47. The number of hydrogen-bond donors (Lipinski definition) is 3. The van der Waals surface area contributed by atoms with Gasteiger partial charge in [0.2, 0.25) is 0 Å². The molecular formula is C12H7I3N2O6. The van der Waals surface area contributed by atoms with Crippen molar-refractivity contribution < 1.29 is 28.3 Å². The third-order valence-electron chi connectivity index (χ3n) is 2.69. The average Bonchev–Trinajstić information content (AvgIpc) is 3.06. The first-order chi connectivity index (χ1) is 10.8. The number of amides is 4. The topological polar surface area (TPSA) is 122 Å². The van der Waals surface area contributed by atoms with E-state index in [4.69, 9.17) is 8.83 Å². The summed E-state index contributed by atoms with van der Waals surface area (Å²) in [6, 6.07) is -0.960. The second-order valence-corrected chi connectivity index (χ2v) is 7.64. The van der Waals surface area contributed by atoms with E-state index in [0.29, 0.717) is 3.57 Å². The number of furan rings is 2. The van der Waals surface area contributed by atoms with Crippen molar-refractivity contribution >= 4 is 85.6 Å². The van der Waals surface area contributed by atoms with Gasteiger partial charge in [-0.05, 0) is 67.8 Å². The molecule has 1 aliphatic rings. The number of hydrogen-bond acceptors (Lipinski definition) is 6. The average molecular weight is 656 g/mol. The maximum Gasteiger partial charge on any atom is 0.328 e. The van der Waals surface area contributed by atoms with E-state index in [9.17, 15) is 19.5 Å². The van der Waals surface area contributed by atoms with Gasteiger partial charge in [-0.1, -0.05) is 0 Å². The van der Waals surface area contributed by atoms with Crippen LogP contribution >= 0.6 is 67.8 Å². The number of carbonyl (C=O) groups excluding carboxylic acids is 3. The van der Waals surface area contributed by atoms with E-state index >= 15 is 0 Å². The fourth-order valence-electron chi connectivity index (χ4n) is 1.57. The van der Waals surface area contributed by atoms with Gasteiger partial charge in [-0.3, -0.25) is 20.2 Å². The number of barbiturate groups is 1. The molecule has 0 atom stereocenters. The summed E-state index contributed by atoms with van der Waals surface area (Å²) in [6.07, 6.45) is 5.80. The highest BCUT2D eigenvalue weighted by Crippen LogP contribution is 2.28. The highest BCUT2D eigenvalue weighted by Gasteiger charge is 2.52. The van der Waals surface area contributed by atoms with Crippen molar-refractivity contribution in [3.8, 4) is 0 Å². The molecule has 0 aromatic carbocycles. The molecule has 1 fully saturated rings. The number of nitrogens with one attached hydrogen (secondary N) is 2. The monoisotopic (exact) mass is 656 g/mol. The van der Waals surface area contributed by atoms with Crippen LogP contribution in [0.2, 0.25) is 0 Å². The van der Waals surface area contributed by atoms with Crippen molar-refractivity contribution in [2.24, 2.45) is 0 Å². The predicted molar refractivity (Wildman–Crippen MR) is 101 cm³/mol. The van der Waals surface area contributed by atoms with E-state index in [-0.39, 0.29) is 5.56 Å². The maximum absolute atomic E-state index is 11.5. The summed E-state index contributed by atoms with van der Waals surface area (Å²) in [6.45, 7) is 0. The smallest absolute Gasteiger partial charge is 0.328 e. The summed E-state index contributed by atoms with van der Waals surface area (Å²) in [5.74, 6) is -2.19. The van der Waals surface area contributed by atoms with E-state index in [1.54, 1.807) is 35.1 Å². The zero-order chi connectivity index (χ0) is 17.2. The highest BCUT2D eigenvalue weighted by atomic mass is 127. The number of urea groups is 1. The minimum atomic E-state index is -2.43. The molecule has 23 heavy (non-hydrogen) atoms. The van der Waals surface area contributed by atoms with Gasteiger partial charge >= 0.3 is 6.03 Å². The van der Waals surface area contributed by atoms with Gasteiger partial charge < -0.3 is 13.9 Å². The molecular weight excluding hydrogens is 649 g/mol. The molecule has 3 N–H and O–H groups in total. The molecule has 0 aliphatic carbocycles. The van der Waals surface area contributed by atoms with Gasteiger partial charge in [-0.25, -0.2) is 4.79 Å². The first-order valence-corrected chi connectivity index (χ1v) is 8.99. The molecule has 8 nitrogen and oxygen atoms in total. The Morgan fingerprint density at radius 1 is 0.826 bits per heavy atom. The van der Waals surface area contributed by atoms with Crippen LogP contribution in [0.25, 0.3) is 0 Å². The lowest BCUT2D eigenvalue weighted by molar-refractivity contribution is -0.155. The van der Waals surface area contributed by atoms with Gasteiger partial charge in [-0.15, -0.1) is 0 Å². The van der Waals surface area contributed by atoms with E-state index in [0.717, 1.165) is 6.26 Å². The summed E-state index contributed by atoms with van der Waals surface area (Å²) in [4.78, 5) is 33.8. The molecule has 0 bridgehead atoms. The standard InChI is InChI=1S/C8H5IN2O5.C4H2I2O/c9-4-2-16-1-3(4)8(15)5(12)10-7(14)11-6(8)13;5-3-1-7-2-4(3)6/h1-2,15H,(H2,10,11,12,13,14);1-2H. The van der Waals surface area contributed by atoms with E-state index in [2.05, 4.69) is 45.2 Å². The van der Waals surface area contributed by atoms with Crippen molar-refractivity contribution in [3.63, 3.8) is 0 Å². The number of imide groups is 2. The molecule has 0 radical (unpaired) electrons. The molecule has 0 saturated carbocycles. The maximum atomic E-state index is 11.5. The van der Waals surface area contributed by atoms with Crippen LogP contribution in [0, 0.1) is 10.7 Å². The van der Waals surface area contributed by atoms with E-state index < -0.39 is 23.4 Å². The Hall–Kier alpha value is -0.680. The van der Waals surface area contributed by atoms with Gasteiger partial charge in [0.25, 0.3) is 17.4 Å². The highest BCUT2D eigenvalue weighted by molar-refractivity contribution is 14.1. The molecule has 0 unspecified atom stereocenters. The quantitative estimate of drug-likeness (QED) is 0.319. The number of halogens is 3. The van der Waals surface area contributed by atoms with Gasteiger partial charge in [0, 0.05) is 0 Å². The molecule has 3 rings (SSSR count). The molecule has 3 heterocycles. The van der Waals surface area contributed by atoms with Crippen molar-refractivity contribution in [2.75, 3.05) is 0 Å². The van der Waals surface area contributed by atoms with Crippen molar-refractivity contribution in [2.45, 2.75) is 5.60 Å². The van der Waals surface area contributed by atoms with Gasteiger partial charge in [0.15, 0.2) is 0 Å². The third kappa shape index (κ3) is 3.87. The van der Waals surface area contributed by atoms with E-state index in [1.165, 1.54) is 13.4 Å². The third-order valence-corrected chi connectivity index (χ3v) is 6.23. The van der Waals surface area contributed by atoms with Crippen LogP contribution in [0.5, 0.6) is 0 Å². The lowest BCUT2D eigenvalue weighted by atomic mass is 9.93. The van der Waals surface area contributed by atoms with Crippen molar-refractivity contribution in [1.82, 2.24) is 10.6 Å². The molecule has 4 amide bonds. The number of carbonyl (C=O) groups is 3. The lowest BCUT2D eigenvalue weighted by Gasteiger charge is -2.28. The summed E-state index contributed by atoms with van der Waals surface area (Å²) in [5.41, 5.74) is -2.44. The zero-order valence-corrected chi connectivity index (χ0v) is 17.4. The molecule has 2 aromatic heterocycles. The van der Waals surface area contributed by atoms with Gasteiger partial charge in [0.1, 0.15) is 18.8 Å². The Balaban J connectivity index is 0.000000229. The van der Waals surface area contributed by atoms with Crippen molar-refractivity contribution in [1.29, 1.82) is 0 Å². The SMILES string of the molecule is Ic1cocc1I.O=C1NC(=O)C(O)(c2cocc2I)C(=O)N1. The molecule has 11 heteroatoms. The first-order valence-electron chi connectivity index (χ1n) is 5.75. The first kappa shape index (κ1) is 18.7. The predicted octanol–water partition coefficient (Wildman–Crippen LogP) is 1.93. The minimum Gasteiger partial charge on any atom is -0.471 e. The Bertz CT molecular complexity index is 732. The molecule has 0 spiro atoms.